The molecule has 0 atom stereocenters. The smallest absolute Gasteiger partial charge is 0.302 e. The minimum absolute atomic E-state index is 0.00381. The maximum absolute atomic E-state index is 11.1. The predicted octanol–water partition coefficient (Wildman–Crippen LogP) is 3.84. The maximum Gasteiger partial charge on any atom is 0.302 e. The summed E-state index contributed by atoms with van der Waals surface area (Å²) in [7, 11) is 0. The molecule has 1 aromatic rings. The highest BCUT2D eigenvalue weighted by Crippen LogP contribution is 2.53. The highest BCUT2D eigenvalue weighted by Gasteiger charge is 2.51. The monoisotopic (exact) mass is 327 g/mol. The SMILES string of the molecule is CC(=O)OCC12CCC(c3ccc(C(C)(C)C#N)cc3)(CC1)OC2. The molecule has 3 aliphatic rings. The average molecular weight is 327 g/mol. The molecule has 2 heterocycles. The van der Waals surface area contributed by atoms with E-state index in [0.717, 1.165) is 31.2 Å². The second-order valence-corrected chi connectivity index (χ2v) is 7.88. The standard InChI is InChI=1S/C20H25NO3/c1-15(22)23-13-19-8-10-20(11-9-19,24-14-19)17-6-4-16(5-7-17)18(2,3)12-21/h4-7H,8-11,13-14H2,1-3H3. The number of nitriles is 1. The second kappa shape index (κ2) is 5.89. The van der Waals surface area contributed by atoms with Crippen LogP contribution in [0.3, 0.4) is 0 Å². The lowest BCUT2D eigenvalue weighted by Gasteiger charge is -2.53. The number of carbonyl (C=O) groups excluding carboxylic acids is 1. The summed E-state index contributed by atoms with van der Waals surface area (Å²) >= 11 is 0. The van der Waals surface area contributed by atoms with Gasteiger partial charge in [0.15, 0.2) is 0 Å². The Morgan fingerprint density at radius 3 is 2.33 bits per heavy atom. The Morgan fingerprint density at radius 1 is 1.25 bits per heavy atom. The van der Waals surface area contributed by atoms with Crippen molar-refractivity contribution in [2.75, 3.05) is 13.2 Å². The Labute approximate surface area is 143 Å². The van der Waals surface area contributed by atoms with Gasteiger partial charge in [-0.1, -0.05) is 24.3 Å². The van der Waals surface area contributed by atoms with Gasteiger partial charge in [-0.25, -0.2) is 0 Å². The zero-order chi connectivity index (χ0) is 17.4. The minimum Gasteiger partial charge on any atom is -0.465 e. The van der Waals surface area contributed by atoms with E-state index in [1.54, 1.807) is 0 Å². The zero-order valence-corrected chi connectivity index (χ0v) is 14.7. The molecule has 24 heavy (non-hydrogen) atoms. The zero-order valence-electron chi connectivity index (χ0n) is 14.7. The van der Waals surface area contributed by atoms with Gasteiger partial charge >= 0.3 is 5.97 Å². The number of rotatable bonds is 4. The van der Waals surface area contributed by atoms with Crippen LogP contribution in [0.25, 0.3) is 0 Å². The number of hydrogen-bond acceptors (Lipinski definition) is 4. The molecule has 0 radical (unpaired) electrons. The van der Waals surface area contributed by atoms with Gasteiger partial charge in [0, 0.05) is 12.3 Å². The Hall–Kier alpha value is -1.86. The van der Waals surface area contributed by atoms with Gasteiger partial charge < -0.3 is 9.47 Å². The number of carbonyl (C=O) groups is 1. The van der Waals surface area contributed by atoms with Crippen molar-refractivity contribution in [3.05, 3.63) is 35.4 Å². The summed E-state index contributed by atoms with van der Waals surface area (Å²) in [6.45, 7) is 6.43. The Balaban J connectivity index is 1.74. The predicted molar refractivity (Wildman–Crippen MR) is 90.2 cm³/mol. The van der Waals surface area contributed by atoms with E-state index < -0.39 is 5.41 Å². The molecule has 3 fully saturated rings. The highest BCUT2D eigenvalue weighted by molar-refractivity contribution is 5.65. The summed E-state index contributed by atoms with van der Waals surface area (Å²) in [5.41, 5.74) is 1.53. The van der Waals surface area contributed by atoms with Crippen molar-refractivity contribution in [2.24, 2.45) is 5.41 Å². The first-order valence-corrected chi connectivity index (χ1v) is 8.61. The molecule has 0 spiro atoms. The molecule has 0 unspecified atom stereocenters. The number of esters is 1. The Morgan fingerprint density at radius 2 is 1.88 bits per heavy atom. The molecular formula is C20H25NO3. The van der Waals surface area contributed by atoms with Gasteiger partial charge in [-0.3, -0.25) is 4.79 Å². The summed E-state index contributed by atoms with van der Waals surface area (Å²) in [6, 6.07) is 10.7. The van der Waals surface area contributed by atoms with E-state index in [9.17, 15) is 10.1 Å². The van der Waals surface area contributed by atoms with E-state index in [1.165, 1.54) is 12.5 Å². The Kier molecular flexibility index (Phi) is 4.17. The lowest BCUT2D eigenvalue weighted by molar-refractivity contribution is -0.205. The summed E-state index contributed by atoms with van der Waals surface area (Å²) < 4.78 is 11.5. The molecule has 4 heteroatoms. The first kappa shape index (κ1) is 17.0. The third-order valence-corrected chi connectivity index (χ3v) is 5.77. The molecule has 0 aromatic heterocycles. The lowest BCUT2D eigenvalue weighted by atomic mass is 9.64. The van der Waals surface area contributed by atoms with Crippen molar-refractivity contribution in [1.29, 1.82) is 5.26 Å². The van der Waals surface area contributed by atoms with Gasteiger partial charge in [0.05, 0.1) is 30.3 Å². The molecule has 0 amide bonds. The summed E-state index contributed by atoms with van der Waals surface area (Å²) in [5, 5.41) is 9.28. The van der Waals surface area contributed by atoms with Crippen LogP contribution in [0.1, 0.15) is 57.6 Å². The van der Waals surface area contributed by atoms with Crippen LogP contribution in [0.5, 0.6) is 0 Å². The molecule has 4 rings (SSSR count). The van der Waals surface area contributed by atoms with Gasteiger partial charge in [-0.2, -0.15) is 5.26 Å². The largest absolute Gasteiger partial charge is 0.465 e. The highest BCUT2D eigenvalue weighted by atomic mass is 16.5. The van der Waals surface area contributed by atoms with E-state index >= 15 is 0 Å². The number of fused-ring (bicyclic) bond motifs is 3. The van der Waals surface area contributed by atoms with Crippen molar-refractivity contribution in [2.45, 2.75) is 57.5 Å². The minimum atomic E-state index is -0.477. The van der Waals surface area contributed by atoms with Gasteiger partial charge in [0.25, 0.3) is 0 Å². The molecule has 128 valence electrons. The lowest BCUT2D eigenvalue weighted by Crippen LogP contribution is -2.51. The van der Waals surface area contributed by atoms with E-state index in [4.69, 9.17) is 9.47 Å². The maximum atomic E-state index is 11.1. The normalized spacial score (nSPS) is 29.1. The van der Waals surface area contributed by atoms with E-state index in [0.29, 0.717) is 13.2 Å². The van der Waals surface area contributed by atoms with Crippen LogP contribution in [0, 0.1) is 16.7 Å². The van der Waals surface area contributed by atoms with Crippen molar-refractivity contribution < 1.29 is 14.3 Å². The molecule has 1 saturated carbocycles. The van der Waals surface area contributed by atoms with Crippen LogP contribution in [-0.2, 0) is 25.3 Å². The summed E-state index contributed by atoms with van der Waals surface area (Å²) in [6.07, 6.45) is 3.95. The summed E-state index contributed by atoms with van der Waals surface area (Å²) in [4.78, 5) is 11.1. The van der Waals surface area contributed by atoms with Gasteiger partial charge in [-0.05, 0) is 50.7 Å². The topological polar surface area (TPSA) is 59.3 Å². The number of hydrogen-bond donors (Lipinski definition) is 0. The molecule has 1 aliphatic carbocycles. The van der Waals surface area contributed by atoms with Gasteiger partial charge in [0.1, 0.15) is 0 Å². The number of benzene rings is 1. The van der Waals surface area contributed by atoms with E-state index in [-0.39, 0.29) is 17.0 Å². The van der Waals surface area contributed by atoms with Crippen LogP contribution in [0.4, 0.5) is 0 Å². The Bertz CT molecular complexity index is 645. The fourth-order valence-electron chi connectivity index (χ4n) is 3.83. The van der Waals surface area contributed by atoms with Crippen LogP contribution in [0.15, 0.2) is 24.3 Å². The molecule has 4 nitrogen and oxygen atoms in total. The molecule has 2 aliphatic heterocycles. The van der Waals surface area contributed by atoms with Crippen LogP contribution < -0.4 is 0 Å². The first-order chi connectivity index (χ1) is 11.3. The van der Waals surface area contributed by atoms with Crippen LogP contribution in [-0.4, -0.2) is 19.2 Å². The van der Waals surface area contributed by atoms with E-state index in [2.05, 4.69) is 18.2 Å². The van der Waals surface area contributed by atoms with Crippen molar-refractivity contribution in [1.82, 2.24) is 0 Å². The first-order valence-electron chi connectivity index (χ1n) is 8.61. The quantitative estimate of drug-likeness (QED) is 0.788. The molecular weight excluding hydrogens is 302 g/mol. The van der Waals surface area contributed by atoms with Gasteiger partial charge in [-0.15, -0.1) is 0 Å². The van der Waals surface area contributed by atoms with Crippen LogP contribution in [0.2, 0.25) is 0 Å². The second-order valence-electron chi connectivity index (χ2n) is 7.88. The van der Waals surface area contributed by atoms with Gasteiger partial charge in [0.2, 0.25) is 0 Å². The summed E-state index contributed by atoms with van der Waals surface area (Å²) in [5.74, 6) is -0.220. The molecule has 2 bridgehead atoms. The average Bonchev–Trinajstić information content (AvgIpc) is 2.62. The molecule has 1 aromatic carbocycles. The molecule has 0 N–H and O–H groups in total. The fourth-order valence-corrected chi connectivity index (χ4v) is 3.83. The fraction of sp³-hybridized carbons (Fsp3) is 0.600. The van der Waals surface area contributed by atoms with E-state index in [1.807, 2.05) is 26.0 Å². The number of nitrogens with zero attached hydrogens (tertiary/aromatic N) is 1. The number of ether oxygens (including phenoxy) is 2. The van der Waals surface area contributed by atoms with Crippen molar-refractivity contribution >= 4 is 5.97 Å². The van der Waals surface area contributed by atoms with Crippen LogP contribution >= 0.6 is 0 Å². The van der Waals surface area contributed by atoms with Crippen molar-refractivity contribution in [3.8, 4) is 6.07 Å². The third kappa shape index (κ3) is 2.93. The van der Waals surface area contributed by atoms with Crippen molar-refractivity contribution in [3.63, 3.8) is 0 Å². The molecule has 2 saturated heterocycles. The third-order valence-electron chi connectivity index (χ3n) is 5.77.